The molecule has 230 valence electrons. The molecule has 1 atom stereocenters. The van der Waals surface area contributed by atoms with Gasteiger partial charge in [-0.1, -0.05) is 49.7 Å². The number of anilines is 1. The summed E-state index contributed by atoms with van der Waals surface area (Å²) in [5.74, 6) is -0.965. The second kappa shape index (κ2) is 14.0. The number of nitriles is 1. The Labute approximate surface area is 259 Å². The van der Waals surface area contributed by atoms with Crippen LogP contribution >= 0.6 is 11.6 Å². The minimum Gasteiger partial charge on any atom is -0.461 e. The highest BCUT2D eigenvalue weighted by Gasteiger charge is 2.45. The lowest BCUT2D eigenvalue weighted by Crippen LogP contribution is -2.55. The molecule has 0 N–H and O–H groups in total. The zero-order valence-corrected chi connectivity index (χ0v) is 25.9. The zero-order chi connectivity index (χ0) is 30.4. The number of piperazine rings is 1. The number of carbonyl (C=O) groups excluding carboxylic acids is 1. The number of aryl methyl sites for hydroxylation is 2. The van der Waals surface area contributed by atoms with Crippen LogP contribution in [-0.2, 0) is 24.1 Å². The Bertz CT molecular complexity index is 1350. The Morgan fingerprint density at radius 1 is 1.16 bits per heavy atom. The van der Waals surface area contributed by atoms with Crippen molar-refractivity contribution in [2.75, 3.05) is 44.2 Å². The summed E-state index contributed by atoms with van der Waals surface area (Å²) in [5, 5.41) is 10.3. The zero-order valence-electron chi connectivity index (χ0n) is 25.2. The van der Waals surface area contributed by atoms with Crippen molar-refractivity contribution in [3.8, 4) is 12.1 Å². The first kappa shape index (κ1) is 31.2. The van der Waals surface area contributed by atoms with Gasteiger partial charge in [0.05, 0.1) is 29.8 Å². The first-order chi connectivity index (χ1) is 20.8. The molecule has 3 saturated heterocycles. The summed E-state index contributed by atoms with van der Waals surface area (Å²) in [6.07, 6.45) is 8.87. The molecule has 2 aromatic rings. The molecular weight excluding hydrogens is 567 g/mol. The van der Waals surface area contributed by atoms with E-state index < -0.39 is 17.8 Å². The van der Waals surface area contributed by atoms with E-state index in [1.807, 2.05) is 18.2 Å². The fraction of sp³-hybridized carbons (Fsp3) is 0.576. The highest BCUT2D eigenvalue weighted by atomic mass is 35.5. The number of rotatable bonds is 12. The van der Waals surface area contributed by atoms with Crippen LogP contribution in [0, 0.1) is 11.3 Å². The van der Waals surface area contributed by atoms with E-state index in [0.29, 0.717) is 25.7 Å². The summed E-state index contributed by atoms with van der Waals surface area (Å²) >= 11 is 6.44. The van der Waals surface area contributed by atoms with E-state index in [2.05, 4.69) is 35.4 Å². The van der Waals surface area contributed by atoms with Crippen molar-refractivity contribution in [3.05, 3.63) is 58.5 Å². The van der Waals surface area contributed by atoms with E-state index in [9.17, 15) is 14.4 Å². The number of ether oxygens (including phenoxy) is 1. The molecular formula is C33H42ClFN6O2. The second-order valence-corrected chi connectivity index (χ2v) is 12.4. The Balaban J connectivity index is 1.44. The molecule has 1 aromatic carbocycles. The van der Waals surface area contributed by atoms with Crippen LogP contribution in [0.5, 0.6) is 6.01 Å². The molecule has 10 heteroatoms. The summed E-state index contributed by atoms with van der Waals surface area (Å²) < 4.78 is 20.3. The van der Waals surface area contributed by atoms with Crippen molar-refractivity contribution in [3.63, 3.8) is 0 Å². The molecule has 0 bridgehead atoms. The summed E-state index contributed by atoms with van der Waals surface area (Å²) in [6, 6.07) is 10.0. The number of nitrogens with zero attached hydrogens (tertiary/aromatic N) is 6. The van der Waals surface area contributed by atoms with Crippen molar-refractivity contribution in [1.29, 1.82) is 5.26 Å². The lowest BCUT2D eigenvalue weighted by molar-refractivity contribution is -0.131. The molecule has 1 aromatic heterocycles. The second-order valence-electron chi connectivity index (χ2n) is 12.0. The maximum absolute atomic E-state index is 13.8. The average molecular weight is 609 g/mol. The van der Waals surface area contributed by atoms with Gasteiger partial charge in [-0.05, 0) is 76.1 Å². The fourth-order valence-electron chi connectivity index (χ4n) is 7.09. The van der Waals surface area contributed by atoms with Crippen LogP contribution in [0.2, 0.25) is 5.02 Å². The maximum atomic E-state index is 13.8. The van der Waals surface area contributed by atoms with Gasteiger partial charge in [0.2, 0.25) is 0 Å². The third-order valence-corrected chi connectivity index (χ3v) is 9.62. The van der Waals surface area contributed by atoms with E-state index in [1.54, 1.807) is 0 Å². The Kier molecular flexibility index (Phi) is 10.2. The number of hydrogen-bond donors (Lipinski definition) is 0. The standard InChI is InChI=1S/C33H42ClFN6O2/c1-3-9-27-29(13-6-11-25-10-4-5-12-28(25)34)37-32(43-23-33-15-7-18-40(33)19-8-16-33)38-30(27)39-20-21-41(31(42)24(2)35)26(22-39)14-17-36/h4-5,10,12,26H,2-3,6-9,11,13-16,18-23H2,1H3. The first-order valence-corrected chi connectivity index (χ1v) is 16.0. The van der Waals surface area contributed by atoms with Crippen LogP contribution in [0.3, 0.4) is 0 Å². The molecule has 3 aliphatic heterocycles. The number of amides is 1. The summed E-state index contributed by atoms with van der Waals surface area (Å²) in [6.45, 7) is 9.24. The van der Waals surface area contributed by atoms with Gasteiger partial charge in [0.15, 0.2) is 5.83 Å². The van der Waals surface area contributed by atoms with Crippen molar-refractivity contribution >= 4 is 23.3 Å². The summed E-state index contributed by atoms with van der Waals surface area (Å²) in [5.41, 5.74) is 3.21. The quantitative estimate of drug-likeness (QED) is 0.287. The molecule has 0 aliphatic carbocycles. The molecule has 4 heterocycles. The molecule has 1 unspecified atom stereocenters. The van der Waals surface area contributed by atoms with E-state index >= 15 is 0 Å². The Hall–Kier alpha value is -3.22. The van der Waals surface area contributed by atoms with Gasteiger partial charge in [-0.3, -0.25) is 9.69 Å². The van der Waals surface area contributed by atoms with E-state index in [-0.39, 0.29) is 18.5 Å². The van der Waals surface area contributed by atoms with E-state index in [0.717, 1.165) is 85.7 Å². The van der Waals surface area contributed by atoms with Crippen molar-refractivity contribution in [2.24, 2.45) is 0 Å². The van der Waals surface area contributed by atoms with Gasteiger partial charge < -0.3 is 14.5 Å². The van der Waals surface area contributed by atoms with Crippen LogP contribution in [0.1, 0.15) is 68.7 Å². The number of fused-ring (bicyclic) bond motifs is 1. The molecule has 0 spiro atoms. The van der Waals surface area contributed by atoms with Crippen LogP contribution in [0.25, 0.3) is 0 Å². The van der Waals surface area contributed by atoms with Crippen molar-refractivity contribution in [1.82, 2.24) is 19.8 Å². The molecule has 43 heavy (non-hydrogen) atoms. The lowest BCUT2D eigenvalue weighted by atomic mass is 9.95. The average Bonchev–Trinajstić information content (AvgIpc) is 3.58. The van der Waals surface area contributed by atoms with Gasteiger partial charge in [0.1, 0.15) is 12.4 Å². The van der Waals surface area contributed by atoms with Gasteiger partial charge in [0.25, 0.3) is 5.91 Å². The molecule has 8 nitrogen and oxygen atoms in total. The molecule has 0 radical (unpaired) electrons. The van der Waals surface area contributed by atoms with Gasteiger partial charge in [-0.15, -0.1) is 0 Å². The van der Waals surface area contributed by atoms with Crippen LogP contribution < -0.4 is 9.64 Å². The highest BCUT2D eigenvalue weighted by Crippen LogP contribution is 2.39. The van der Waals surface area contributed by atoms with Gasteiger partial charge in [-0.2, -0.15) is 15.2 Å². The normalized spacial score (nSPS) is 19.7. The van der Waals surface area contributed by atoms with Gasteiger partial charge in [-0.25, -0.2) is 4.39 Å². The highest BCUT2D eigenvalue weighted by molar-refractivity contribution is 6.31. The lowest BCUT2D eigenvalue weighted by Gasteiger charge is -2.41. The number of halogens is 2. The molecule has 0 saturated carbocycles. The largest absolute Gasteiger partial charge is 0.461 e. The third kappa shape index (κ3) is 6.97. The number of benzene rings is 1. The summed E-state index contributed by atoms with van der Waals surface area (Å²) in [7, 11) is 0. The van der Waals surface area contributed by atoms with E-state index in [4.69, 9.17) is 26.3 Å². The number of carbonyl (C=O) groups is 1. The number of aromatic nitrogens is 2. The molecule has 3 fully saturated rings. The van der Waals surface area contributed by atoms with Crippen LogP contribution in [-0.4, -0.2) is 76.6 Å². The predicted octanol–water partition coefficient (Wildman–Crippen LogP) is 5.68. The smallest absolute Gasteiger partial charge is 0.318 e. The van der Waals surface area contributed by atoms with Crippen molar-refractivity contribution in [2.45, 2.75) is 82.7 Å². The number of hydrogen-bond acceptors (Lipinski definition) is 7. The Morgan fingerprint density at radius 2 is 1.93 bits per heavy atom. The van der Waals surface area contributed by atoms with Gasteiger partial charge in [0, 0.05) is 30.2 Å². The minimum atomic E-state index is -1.01. The van der Waals surface area contributed by atoms with Crippen molar-refractivity contribution < 1.29 is 13.9 Å². The predicted molar refractivity (Wildman–Crippen MR) is 166 cm³/mol. The van der Waals surface area contributed by atoms with Crippen LogP contribution in [0.4, 0.5) is 10.2 Å². The SMILES string of the molecule is C=C(F)C(=O)N1CCN(c2nc(OCC34CCCN3CCC4)nc(CCCc3ccccc3Cl)c2CCC)CC1CC#N. The fourth-order valence-corrected chi connectivity index (χ4v) is 7.32. The monoisotopic (exact) mass is 608 g/mol. The summed E-state index contributed by atoms with van der Waals surface area (Å²) in [4.78, 5) is 28.7. The molecule has 3 aliphatic rings. The Morgan fingerprint density at radius 3 is 2.63 bits per heavy atom. The maximum Gasteiger partial charge on any atom is 0.318 e. The first-order valence-electron chi connectivity index (χ1n) is 15.6. The molecule has 5 rings (SSSR count). The third-order valence-electron chi connectivity index (χ3n) is 9.25. The minimum absolute atomic E-state index is 0.0640. The molecule has 1 amide bonds. The van der Waals surface area contributed by atoms with Gasteiger partial charge >= 0.3 is 6.01 Å². The van der Waals surface area contributed by atoms with E-state index in [1.165, 1.54) is 17.7 Å². The topological polar surface area (TPSA) is 85.6 Å². The van der Waals surface area contributed by atoms with Crippen LogP contribution in [0.15, 0.2) is 36.7 Å².